The fourth-order valence-electron chi connectivity index (χ4n) is 1.92. The van der Waals surface area contributed by atoms with Crippen LogP contribution in [0.15, 0.2) is 34.7 Å². The zero-order valence-corrected chi connectivity index (χ0v) is 8.47. The molecule has 1 aromatic heterocycles. The molecule has 16 heavy (non-hydrogen) atoms. The van der Waals surface area contributed by atoms with Crippen molar-refractivity contribution in [1.29, 1.82) is 0 Å². The molecule has 1 saturated heterocycles. The Morgan fingerprint density at radius 3 is 2.81 bits per heavy atom. The van der Waals surface area contributed by atoms with E-state index in [4.69, 9.17) is 9.15 Å². The normalized spacial score (nSPS) is 24.9. The monoisotopic (exact) mass is 218 g/mol. The summed E-state index contributed by atoms with van der Waals surface area (Å²) in [5, 5.41) is 11.0. The number of hydrogen-bond donors (Lipinski definition) is 1. The maximum absolute atomic E-state index is 11.4. The van der Waals surface area contributed by atoms with Gasteiger partial charge in [-0.15, -0.1) is 0 Å². The first-order valence-corrected chi connectivity index (χ1v) is 5.09. The highest BCUT2D eigenvalue weighted by Crippen LogP contribution is 2.34. The van der Waals surface area contributed by atoms with Gasteiger partial charge < -0.3 is 14.3 Å². The van der Waals surface area contributed by atoms with Crippen LogP contribution in [-0.4, -0.2) is 17.7 Å². The summed E-state index contributed by atoms with van der Waals surface area (Å²) < 4.78 is 10.2. The second-order valence-electron chi connectivity index (χ2n) is 3.89. The van der Waals surface area contributed by atoms with Crippen LogP contribution in [0, 0.1) is 0 Å². The third kappa shape index (κ3) is 1.17. The standard InChI is InChI=1S/C12H10O4/c13-11-12(14,5-6-15-11)10-7-8-3-1-2-4-9(8)16-10/h1-4,7,14H,5-6H2. The van der Waals surface area contributed by atoms with Gasteiger partial charge in [0.15, 0.2) is 0 Å². The predicted molar refractivity (Wildman–Crippen MR) is 55.7 cm³/mol. The molecule has 2 aromatic rings. The van der Waals surface area contributed by atoms with Crippen LogP contribution in [0.4, 0.5) is 0 Å². The van der Waals surface area contributed by atoms with Gasteiger partial charge >= 0.3 is 5.97 Å². The largest absolute Gasteiger partial charge is 0.463 e. The molecule has 4 heteroatoms. The molecule has 0 bridgehead atoms. The third-order valence-corrected chi connectivity index (χ3v) is 2.87. The molecule has 82 valence electrons. The number of ether oxygens (including phenoxy) is 1. The molecular weight excluding hydrogens is 208 g/mol. The molecule has 3 rings (SSSR count). The van der Waals surface area contributed by atoms with Gasteiger partial charge in [0.25, 0.3) is 0 Å². The van der Waals surface area contributed by atoms with Crippen molar-refractivity contribution in [2.75, 3.05) is 6.61 Å². The Morgan fingerprint density at radius 2 is 2.12 bits per heavy atom. The van der Waals surface area contributed by atoms with Crippen LogP contribution in [0.25, 0.3) is 11.0 Å². The molecule has 1 N–H and O–H groups in total. The van der Waals surface area contributed by atoms with Gasteiger partial charge in [0.05, 0.1) is 6.61 Å². The summed E-state index contributed by atoms with van der Waals surface area (Å²) in [6.45, 7) is 0.229. The van der Waals surface area contributed by atoms with Crippen LogP contribution in [0.2, 0.25) is 0 Å². The average Bonchev–Trinajstić information content (AvgIpc) is 2.84. The van der Waals surface area contributed by atoms with E-state index in [0.29, 0.717) is 5.58 Å². The quantitative estimate of drug-likeness (QED) is 0.738. The number of cyclic esters (lactones) is 1. The molecule has 0 spiro atoms. The Balaban J connectivity index is 2.15. The van der Waals surface area contributed by atoms with Gasteiger partial charge in [0.1, 0.15) is 11.3 Å². The fraction of sp³-hybridized carbons (Fsp3) is 0.250. The van der Waals surface area contributed by atoms with E-state index in [-0.39, 0.29) is 18.8 Å². The van der Waals surface area contributed by atoms with Crippen molar-refractivity contribution < 1.29 is 19.1 Å². The van der Waals surface area contributed by atoms with Crippen molar-refractivity contribution in [2.45, 2.75) is 12.0 Å². The van der Waals surface area contributed by atoms with Gasteiger partial charge in [0, 0.05) is 11.8 Å². The number of aliphatic hydroxyl groups is 1. The first-order chi connectivity index (χ1) is 7.70. The molecular formula is C12H10O4. The minimum atomic E-state index is -1.61. The van der Waals surface area contributed by atoms with Crippen molar-refractivity contribution in [3.8, 4) is 0 Å². The predicted octanol–water partition coefficient (Wildman–Crippen LogP) is 1.57. The summed E-state index contributed by atoms with van der Waals surface area (Å²) >= 11 is 0. The Morgan fingerprint density at radius 1 is 1.31 bits per heavy atom. The maximum Gasteiger partial charge on any atom is 0.346 e. The highest BCUT2D eigenvalue weighted by atomic mass is 16.6. The molecule has 0 amide bonds. The minimum Gasteiger partial charge on any atom is -0.463 e. The molecule has 1 atom stereocenters. The zero-order valence-electron chi connectivity index (χ0n) is 8.47. The van der Waals surface area contributed by atoms with Crippen molar-refractivity contribution in [1.82, 2.24) is 0 Å². The third-order valence-electron chi connectivity index (χ3n) is 2.87. The molecule has 0 radical (unpaired) electrons. The summed E-state index contributed by atoms with van der Waals surface area (Å²) in [6.07, 6.45) is 0.242. The molecule has 0 saturated carbocycles. The molecule has 1 unspecified atom stereocenters. The van der Waals surface area contributed by atoms with Gasteiger partial charge in [-0.25, -0.2) is 4.79 Å². The van der Waals surface area contributed by atoms with E-state index in [1.807, 2.05) is 18.2 Å². The second-order valence-corrected chi connectivity index (χ2v) is 3.89. The summed E-state index contributed by atoms with van der Waals surface area (Å²) in [5.74, 6) is -0.372. The molecule has 1 aromatic carbocycles. The lowest BCUT2D eigenvalue weighted by Gasteiger charge is -2.13. The molecule has 1 aliphatic rings. The summed E-state index contributed by atoms with van der Waals surface area (Å²) in [5.41, 5.74) is -0.954. The number of carbonyl (C=O) groups is 1. The maximum atomic E-state index is 11.4. The van der Waals surface area contributed by atoms with Crippen molar-refractivity contribution in [3.63, 3.8) is 0 Å². The van der Waals surface area contributed by atoms with E-state index in [1.165, 1.54) is 0 Å². The number of esters is 1. The van der Waals surface area contributed by atoms with Crippen LogP contribution >= 0.6 is 0 Å². The summed E-state index contributed by atoms with van der Waals surface area (Å²) in [6, 6.07) is 9.06. The lowest BCUT2D eigenvalue weighted by atomic mass is 9.99. The van der Waals surface area contributed by atoms with Crippen LogP contribution in [-0.2, 0) is 15.1 Å². The van der Waals surface area contributed by atoms with E-state index in [9.17, 15) is 9.90 Å². The fourth-order valence-corrected chi connectivity index (χ4v) is 1.92. The number of furan rings is 1. The first kappa shape index (κ1) is 9.42. The Hall–Kier alpha value is -1.81. The summed E-state index contributed by atoms with van der Waals surface area (Å²) in [4.78, 5) is 11.4. The van der Waals surface area contributed by atoms with E-state index in [1.54, 1.807) is 12.1 Å². The van der Waals surface area contributed by atoms with E-state index in [2.05, 4.69) is 0 Å². The number of rotatable bonds is 1. The molecule has 1 aliphatic heterocycles. The number of fused-ring (bicyclic) bond motifs is 1. The van der Waals surface area contributed by atoms with Gasteiger partial charge in [0.2, 0.25) is 5.60 Å². The molecule has 1 fully saturated rings. The van der Waals surface area contributed by atoms with E-state index < -0.39 is 11.6 Å². The van der Waals surface area contributed by atoms with Crippen LogP contribution in [0.1, 0.15) is 12.2 Å². The van der Waals surface area contributed by atoms with E-state index in [0.717, 1.165) is 5.39 Å². The van der Waals surface area contributed by atoms with Crippen LogP contribution < -0.4 is 0 Å². The van der Waals surface area contributed by atoms with Crippen molar-refractivity contribution in [3.05, 3.63) is 36.1 Å². The van der Waals surface area contributed by atoms with Gasteiger partial charge in [-0.3, -0.25) is 0 Å². The van der Waals surface area contributed by atoms with Crippen molar-refractivity contribution in [2.24, 2.45) is 0 Å². The second kappa shape index (κ2) is 3.09. The molecule has 4 nitrogen and oxygen atoms in total. The number of hydrogen-bond acceptors (Lipinski definition) is 4. The molecule has 2 heterocycles. The Bertz CT molecular complexity index is 524. The minimum absolute atomic E-state index is 0.229. The zero-order chi connectivity index (χ0) is 11.2. The first-order valence-electron chi connectivity index (χ1n) is 5.09. The smallest absolute Gasteiger partial charge is 0.346 e. The summed E-state index contributed by atoms with van der Waals surface area (Å²) in [7, 11) is 0. The lowest BCUT2D eigenvalue weighted by Crippen LogP contribution is -2.30. The number of para-hydroxylation sites is 1. The SMILES string of the molecule is O=C1OCCC1(O)c1cc2ccccc2o1. The van der Waals surface area contributed by atoms with Crippen molar-refractivity contribution >= 4 is 16.9 Å². The van der Waals surface area contributed by atoms with Gasteiger partial charge in [-0.2, -0.15) is 0 Å². The molecule has 0 aliphatic carbocycles. The topological polar surface area (TPSA) is 59.7 Å². The Labute approximate surface area is 91.4 Å². The Kier molecular flexibility index (Phi) is 1.82. The van der Waals surface area contributed by atoms with Gasteiger partial charge in [-0.05, 0) is 12.1 Å². The number of benzene rings is 1. The van der Waals surface area contributed by atoms with E-state index >= 15 is 0 Å². The van der Waals surface area contributed by atoms with Crippen LogP contribution in [0.5, 0.6) is 0 Å². The van der Waals surface area contributed by atoms with Crippen LogP contribution in [0.3, 0.4) is 0 Å². The lowest BCUT2D eigenvalue weighted by molar-refractivity contribution is -0.155. The van der Waals surface area contributed by atoms with Gasteiger partial charge in [-0.1, -0.05) is 18.2 Å². The highest BCUT2D eigenvalue weighted by molar-refractivity contribution is 5.85. The number of carbonyl (C=O) groups excluding carboxylic acids is 1. The average molecular weight is 218 g/mol. The highest BCUT2D eigenvalue weighted by Gasteiger charge is 2.47.